The minimum atomic E-state index is -3.93. The lowest BCUT2D eigenvalue weighted by molar-refractivity contribution is 0.574. The summed E-state index contributed by atoms with van der Waals surface area (Å²) in [5, 5.41) is 2.64. The van der Waals surface area contributed by atoms with Gasteiger partial charge in [-0.05, 0) is 67.6 Å². The molecule has 0 aliphatic carbocycles. The zero-order chi connectivity index (χ0) is 21.8. The van der Waals surface area contributed by atoms with Crippen molar-refractivity contribution in [2.75, 3.05) is 15.0 Å². The summed E-state index contributed by atoms with van der Waals surface area (Å²) in [5.74, 6) is 0.000939. The Morgan fingerprint density at radius 1 is 0.931 bits per heavy atom. The first-order valence-corrected chi connectivity index (χ1v) is 13.9. The van der Waals surface area contributed by atoms with Crippen LogP contribution in [0.2, 0.25) is 15.1 Å². The lowest BCUT2D eigenvalue weighted by Gasteiger charge is -2.32. The number of nitrogens with zero attached hydrogens (tertiary/aromatic N) is 1. The van der Waals surface area contributed by atoms with Gasteiger partial charge < -0.3 is 0 Å². The van der Waals surface area contributed by atoms with Crippen LogP contribution >= 0.6 is 66.7 Å². The molecule has 2 atom stereocenters. The third-order valence-corrected chi connectivity index (χ3v) is 8.36. The highest BCUT2D eigenvalue weighted by atomic mass is 79.9. The molecule has 0 fully saturated rings. The van der Waals surface area contributed by atoms with Crippen molar-refractivity contribution in [3.05, 3.63) is 57.0 Å². The summed E-state index contributed by atoms with van der Waals surface area (Å²) in [6, 6.07) is 9.40. The maximum absolute atomic E-state index is 13.9. The topological polar surface area (TPSA) is 37.4 Å². The summed E-state index contributed by atoms with van der Waals surface area (Å²) in [4.78, 5) is 0.229. The molecular formula is C20H22Br2Cl3NO2S. The van der Waals surface area contributed by atoms with E-state index in [-0.39, 0.29) is 16.9 Å². The predicted molar refractivity (Wildman–Crippen MR) is 132 cm³/mol. The Labute approximate surface area is 205 Å². The SMILES string of the molecule is C[C@H](CCBr)c1cc(Cl)ccc1S(=O)(=O)N(c1cc(Cl)ccc1Cl)[C@H](C)CCBr. The van der Waals surface area contributed by atoms with Gasteiger partial charge in [0.1, 0.15) is 0 Å². The Balaban J connectivity index is 2.72. The van der Waals surface area contributed by atoms with E-state index in [1.807, 2.05) is 13.8 Å². The van der Waals surface area contributed by atoms with Crippen LogP contribution in [0.3, 0.4) is 0 Å². The second kappa shape index (κ2) is 11.1. The van der Waals surface area contributed by atoms with E-state index in [4.69, 9.17) is 34.8 Å². The monoisotopic (exact) mass is 603 g/mol. The Bertz CT molecular complexity index is 957. The third-order valence-electron chi connectivity index (χ3n) is 4.65. The average Bonchev–Trinajstić information content (AvgIpc) is 2.64. The van der Waals surface area contributed by atoms with Crippen molar-refractivity contribution in [2.24, 2.45) is 0 Å². The number of hydrogen-bond acceptors (Lipinski definition) is 2. The number of rotatable bonds is 9. The van der Waals surface area contributed by atoms with E-state index < -0.39 is 10.0 Å². The van der Waals surface area contributed by atoms with Gasteiger partial charge in [-0.15, -0.1) is 0 Å². The van der Waals surface area contributed by atoms with Gasteiger partial charge >= 0.3 is 0 Å². The molecule has 9 heteroatoms. The molecule has 0 aromatic heterocycles. The summed E-state index contributed by atoms with van der Waals surface area (Å²) < 4.78 is 29.2. The first-order valence-electron chi connectivity index (χ1n) is 9.04. The van der Waals surface area contributed by atoms with Crippen molar-refractivity contribution in [3.63, 3.8) is 0 Å². The molecule has 160 valence electrons. The van der Waals surface area contributed by atoms with Gasteiger partial charge in [0.2, 0.25) is 0 Å². The number of alkyl halides is 2. The highest BCUT2D eigenvalue weighted by Crippen LogP contribution is 2.38. The molecule has 0 aliphatic heterocycles. The smallest absolute Gasteiger partial charge is 0.262 e. The number of benzene rings is 2. The van der Waals surface area contributed by atoms with E-state index in [0.717, 1.165) is 11.8 Å². The number of hydrogen-bond donors (Lipinski definition) is 0. The van der Waals surface area contributed by atoms with E-state index in [2.05, 4.69) is 31.9 Å². The van der Waals surface area contributed by atoms with Gasteiger partial charge in [0.25, 0.3) is 10.0 Å². The molecule has 0 spiro atoms. The first kappa shape index (κ1) is 25.3. The standard InChI is InChI=1S/C20H22Br2Cl3NO2S/c1-13(7-9-21)17-11-15(23)4-6-20(17)29(27,28)26(14(2)8-10-22)19-12-16(24)3-5-18(19)25/h3-6,11-14H,7-10H2,1-2H3/t13-,14-/m1/s1. The Morgan fingerprint density at radius 2 is 1.52 bits per heavy atom. The fraction of sp³-hybridized carbons (Fsp3) is 0.400. The molecule has 29 heavy (non-hydrogen) atoms. The van der Waals surface area contributed by atoms with Gasteiger partial charge in [-0.3, -0.25) is 4.31 Å². The molecule has 0 saturated carbocycles. The molecular weight excluding hydrogens is 584 g/mol. The largest absolute Gasteiger partial charge is 0.264 e. The van der Waals surface area contributed by atoms with Gasteiger partial charge in [-0.1, -0.05) is 73.6 Å². The predicted octanol–water partition coefficient (Wildman–Crippen LogP) is 7.90. The van der Waals surface area contributed by atoms with Crippen LogP contribution in [0.25, 0.3) is 0 Å². The lowest BCUT2D eigenvalue weighted by Crippen LogP contribution is -2.39. The second-order valence-electron chi connectivity index (χ2n) is 6.78. The number of anilines is 1. The van der Waals surface area contributed by atoms with Crippen LogP contribution in [0.5, 0.6) is 0 Å². The molecule has 2 rings (SSSR count). The van der Waals surface area contributed by atoms with Gasteiger partial charge in [-0.2, -0.15) is 0 Å². The maximum atomic E-state index is 13.9. The van der Waals surface area contributed by atoms with Gasteiger partial charge in [0.05, 0.1) is 15.6 Å². The molecule has 0 radical (unpaired) electrons. The maximum Gasteiger partial charge on any atom is 0.264 e. The van der Waals surface area contributed by atoms with Crippen molar-refractivity contribution in [1.29, 1.82) is 0 Å². The summed E-state index contributed by atoms with van der Waals surface area (Å²) in [5.41, 5.74) is 1.05. The Hall–Kier alpha value is 0.0200. The minimum absolute atomic E-state index is 0.000939. The minimum Gasteiger partial charge on any atom is -0.262 e. The van der Waals surface area contributed by atoms with E-state index in [0.29, 0.717) is 38.1 Å². The average molecular weight is 607 g/mol. The van der Waals surface area contributed by atoms with Crippen molar-refractivity contribution < 1.29 is 8.42 Å². The second-order valence-corrected chi connectivity index (χ2v) is 11.4. The summed E-state index contributed by atoms with van der Waals surface area (Å²) in [7, 11) is -3.93. The van der Waals surface area contributed by atoms with Crippen molar-refractivity contribution in [2.45, 2.75) is 43.5 Å². The summed E-state index contributed by atoms with van der Waals surface area (Å²) >= 11 is 25.6. The first-order chi connectivity index (χ1) is 13.6. The van der Waals surface area contributed by atoms with Gasteiger partial charge in [0.15, 0.2) is 0 Å². The van der Waals surface area contributed by atoms with E-state index >= 15 is 0 Å². The van der Waals surface area contributed by atoms with Crippen LogP contribution in [0.4, 0.5) is 5.69 Å². The van der Waals surface area contributed by atoms with Crippen LogP contribution in [0, 0.1) is 0 Å². The van der Waals surface area contributed by atoms with Crippen LogP contribution < -0.4 is 4.31 Å². The third kappa shape index (κ3) is 6.05. The highest BCUT2D eigenvalue weighted by Gasteiger charge is 2.33. The lowest BCUT2D eigenvalue weighted by atomic mass is 9.99. The van der Waals surface area contributed by atoms with Gasteiger partial charge in [-0.25, -0.2) is 8.42 Å². The molecule has 2 aromatic carbocycles. The van der Waals surface area contributed by atoms with Crippen molar-refractivity contribution in [1.82, 2.24) is 0 Å². The van der Waals surface area contributed by atoms with Crippen LogP contribution in [-0.4, -0.2) is 25.1 Å². The van der Waals surface area contributed by atoms with E-state index in [9.17, 15) is 8.42 Å². The van der Waals surface area contributed by atoms with Gasteiger partial charge in [0, 0.05) is 26.7 Å². The quantitative estimate of drug-likeness (QED) is 0.272. The molecule has 0 amide bonds. The molecule has 0 aliphatic rings. The Morgan fingerprint density at radius 3 is 2.14 bits per heavy atom. The fourth-order valence-corrected chi connectivity index (χ4v) is 7.05. The number of sulfonamides is 1. The van der Waals surface area contributed by atoms with E-state index in [1.54, 1.807) is 36.4 Å². The Kier molecular flexibility index (Phi) is 9.64. The van der Waals surface area contributed by atoms with Crippen LogP contribution in [0.15, 0.2) is 41.3 Å². The molecule has 0 bridgehead atoms. The zero-order valence-electron chi connectivity index (χ0n) is 16.0. The molecule has 0 heterocycles. The summed E-state index contributed by atoms with van der Waals surface area (Å²) in [6.07, 6.45) is 1.37. The van der Waals surface area contributed by atoms with Crippen molar-refractivity contribution >= 4 is 82.4 Å². The molecule has 3 nitrogen and oxygen atoms in total. The molecule has 0 unspecified atom stereocenters. The fourth-order valence-electron chi connectivity index (χ4n) is 3.10. The normalized spacial score (nSPS) is 13.9. The molecule has 0 saturated heterocycles. The van der Waals surface area contributed by atoms with E-state index in [1.165, 1.54) is 4.31 Å². The van der Waals surface area contributed by atoms with Crippen LogP contribution in [-0.2, 0) is 10.0 Å². The zero-order valence-corrected chi connectivity index (χ0v) is 22.3. The highest BCUT2D eigenvalue weighted by molar-refractivity contribution is 9.09. The number of halogens is 5. The molecule has 0 N–H and O–H groups in total. The summed E-state index contributed by atoms with van der Waals surface area (Å²) in [6.45, 7) is 3.85. The molecule has 2 aromatic rings. The van der Waals surface area contributed by atoms with Crippen LogP contribution in [0.1, 0.15) is 38.2 Å². The van der Waals surface area contributed by atoms with Crippen molar-refractivity contribution in [3.8, 4) is 0 Å².